The number of carboxylic acid groups (broad SMARTS) is 1. The average Bonchev–Trinajstić information content (AvgIpc) is 2.70. The summed E-state index contributed by atoms with van der Waals surface area (Å²) in [5.41, 5.74) is 1.21. The van der Waals surface area contributed by atoms with Crippen molar-refractivity contribution in [3.05, 3.63) is 29.6 Å². The number of carboxylic acids is 1. The number of nitrogens with zero attached hydrogens (tertiary/aromatic N) is 4. The van der Waals surface area contributed by atoms with Gasteiger partial charge >= 0.3 is 11.9 Å². The van der Waals surface area contributed by atoms with Gasteiger partial charge in [0.15, 0.2) is 0 Å². The molecule has 0 spiro atoms. The summed E-state index contributed by atoms with van der Waals surface area (Å²) >= 11 is 0. The number of pyridine rings is 1. The van der Waals surface area contributed by atoms with Gasteiger partial charge in [-0.1, -0.05) is 6.07 Å². The van der Waals surface area contributed by atoms with Gasteiger partial charge in [-0.3, -0.25) is 29.3 Å². The number of aldehydes is 1. The lowest BCUT2D eigenvalue weighted by Crippen LogP contribution is -2.44. The molecule has 1 aliphatic heterocycles. The van der Waals surface area contributed by atoms with Crippen LogP contribution in [0.4, 0.5) is 0 Å². The van der Waals surface area contributed by atoms with E-state index in [1.807, 2.05) is 50.8 Å². The third-order valence-corrected chi connectivity index (χ3v) is 5.56. The van der Waals surface area contributed by atoms with Crippen LogP contribution in [0.5, 0.6) is 0 Å². The molecule has 1 aromatic rings. The van der Waals surface area contributed by atoms with E-state index in [9.17, 15) is 14.4 Å². The van der Waals surface area contributed by atoms with Crippen LogP contribution in [0, 0.1) is 0 Å². The summed E-state index contributed by atoms with van der Waals surface area (Å²) in [5.74, 6) is -1.09. The number of hydrogen-bond donors (Lipinski definition) is 1. The van der Waals surface area contributed by atoms with Crippen LogP contribution in [0.25, 0.3) is 0 Å². The minimum absolute atomic E-state index is 0.0660. The van der Waals surface area contributed by atoms with Crippen LogP contribution >= 0.6 is 0 Å². The van der Waals surface area contributed by atoms with Gasteiger partial charge in [-0.15, -0.1) is 0 Å². The summed E-state index contributed by atoms with van der Waals surface area (Å²) < 4.78 is 5.50. The molecule has 2 bridgehead atoms. The van der Waals surface area contributed by atoms with E-state index in [1.54, 1.807) is 0 Å². The number of aromatic nitrogens is 1. The fourth-order valence-corrected chi connectivity index (χ4v) is 3.84. The van der Waals surface area contributed by atoms with Gasteiger partial charge in [-0.2, -0.15) is 0 Å². The van der Waals surface area contributed by atoms with Gasteiger partial charge in [0.05, 0.1) is 24.5 Å². The van der Waals surface area contributed by atoms with Crippen LogP contribution in [-0.2, 0) is 32.2 Å². The zero-order valence-corrected chi connectivity index (χ0v) is 20.3. The molecule has 9 nitrogen and oxygen atoms in total. The zero-order valence-electron chi connectivity index (χ0n) is 20.3. The lowest BCUT2D eigenvalue weighted by Gasteiger charge is -2.33. The SMILES string of the molecule is CC(CCC(=O)O)N1CCN(CC=O)CCN(CC(=O)OC(C)(C)C)Cc2cccc(n2)C1. The molecule has 1 aromatic heterocycles. The third kappa shape index (κ3) is 10.4. The molecule has 1 N–H and O–H groups in total. The molecular formula is C24H38N4O5. The van der Waals surface area contributed by atoms with Gasteiger partial charge in [-0.05, 0) is 46.2 Å². The normalized spacial score (nSPS) is 18.1. The first kappa shape index (κ1) is 26.9. The lowest BCUT2D eigenvalue weighted by atomic mass is 10.1. The fraction of sp³-hybridized carbons (Fsp3) is 0.667. The van der Waals surface area contributed by atoms with Gasteiger partial charge in [-0.25, -0.2) is 0 Å². The number of esters is 1. The number of carbonyl (C=O) groups is 3. The number of rotatable bonds is 8. The highest BCUT2D eigenvalue weighted by atomic mass is 16.6. The van der Waals surface area contributed by atoms with Gasteiger partial charge in [0.1, 0.15) is 11.9 Å². The molecule has 0 fully saturated rings. The summed E-state index contributed by atoms with van der Waals surface area (Å²) in [6.07, 6.45) is 1.56. The number of ether oxygens (including phenoxy) is 1. The Hall–Kier alpha value is -2.36. The van der Waals surface area contributed by atoms with Gasteiger partial charge in [0, 0.05) is 51.7 Å². The van der Waals surface area contributed by atoms with Crippen molar-refractivity contribution in [2.45, 2.75) is 65.3 Å². The largest absolute Gasteiger partial charge is 0.481 e. The Morgan fingerprint density at radius 1 is 1.12 bits per heavy atom. The summed E-state index contributed by atoms with van der Waals surface area (Å²) in [7, 11) is 0. The first-order valence-electron chi connectivity index (χ1n) is 11.6. The van der Waals surface area contributed by atoms with Crippen LogP contribution in [0.1, 0.15) is 51.9 Å². The Morgan fingerprint density at radius 3 is 2.39 bits per heavy atom. The quantitative estimate of drug-likeness (QED) is 0.457. The number of carbonyl (C=O) groups excluding carboxylic acids is 2. The van der Waals surface area contributed by atoms with Crippen molar-refractivity contribution in [2.75, 3.05) is 39.3 Å². The van der Waals surface area contributed by atoms with E-state index in [2.05, 4.69) is 9.80 Å². The summed E-state index contributed by atoms with van der Waals surface area (Å²) in [4.78, 5) is 45.9. The van der Waals surface area contributed by atoms with E-state index in [0.717, 1.165) is 17.7 Å². The van der Waals surface area contributed by atoms with Gasteiger partial charge in [0.2, 0.25) is 0 Å². The van der Waals surface area contributed by atoms with Crippen LogP contribution in [0.3, 0.4) is 0 Å². The molecule has 9 heteroatoms. The van der Waals surface area contributed by atoms with E-state index in [4.69, 9.17) is 14.8 Å². The molecule has 0 aromatic carbocycles. The van der Waals surface area contributed by atoms with E-state index in [-0.39, 0.29) is 25.0 Å². The lowest BCUT2D eigenvalue weighted by molar-refractivity contribution is -0.156. The minimum Gasteiger partial charge on any atom is -0.481 e. The Morgan fingerprint density at radius 2 is 1.76 bits per heavy atom. The monoisotopic (exact) mass is 462 g/mol. The van der Waals surface area contributed by atoms with Crippen LogP contribution in [-0.4, -0.2) is 93.9 Å². The minimum atomic E-state index is -0.802. The molecule has 1 atom stereocenters. The zero-order chi connectivity index (χ0) is 24.4. The Balaban J connectivity index is 2.22. The Bertz CT molecular complexity index is 795. The highest BCUT2D eigenvalue weighted by Crippen LogP contribution is 2.14. The smallest absolute Gasteiger partial charge is 0.320 e. The predicted octanol–water partition coefficient (Wildman–Crippen LogP) is 1.80. The molecule has 1 aliphatic rings. The highest BCUT2D eigenvalue weighted by molar-refractivity contribution is 5.72. The molecule has 0 amide bonds. The van der Waals surface area contributed by atoms with Crippen molar-refractivity contribution in [3.8, 4) is 0 Å². The maximum atomic E-state index is 12.5. The molecule has 2 rings (SSSR count). The molecule has 1 unspecified atom stereocenters. The van der Waals surface area contributed by atoms with Crippen LogP contribution in [0.2, 0.25) is 0 Å². The van der Waals surface area contributed by atoms with Crippen molar-refractivity contribution >= 4 is 18.2 Å². The van der Waals surface area contributed by atoms with E-state index < -0.39 is 11.6 Å². The Labute approximate surface area is 196 Å². The Kier molecular flexibility index (Phi) is 10.4. The maximum absolute atomic E-state index is 12.5. The van der Waals surface area contributed by atoms with Crippen molar-refractivity contribution in [1.29, 1.82) is 0 Å². The second-order valence-corrected chi connectivity index (χ2v) is 9.64. The second-order valence-electron chi connectivity index (χ2n) is 9.64. The molecule has 0 saturated heterocycles. The van der Waals surface area contributed by atoms with E-state index >= 15 is 0 Å². The van der Waals surface area contributed by atoms with Crippen molar-refractivity contribution < 1.29 is 24.2 Å². The summed E-state index contributed by atoms with van der Waals surface area (Å²) in [6.45, 7) is 11.7. The second kappa shape index (κ2) is 12.8. The molecule has 33 heavy (non-hydrogen) atoms. The summed E-state index contributed by atoms with van der Waals surface area (Å²) in [5, 5.41) is 9.07. The van der Waals surface area contributed by atoms with E-state index in [0.29, 0.717) is 52.2 Å². The first-order chi connectivity index (χ1) is 15.6. The fourth-order valence-electron chi connectivity index (χ4n) is 3.84. The standard InChI is InChI=1S/C24H38N4O5/c1-19(8-9-22(30)31)28-13-12-26(14-15-29)10-11-27(18-23(32)33-24(2,3)4)16-20-6-5-7-21(17-28)25-20/h5-7,15,19H,8-14,16-18H2,1-4H3,(H,30,31). The highest BCUT2D eigenvalue weighted by Gasteiger charge is 2.22. The molecule has 0 radical (unpaired) electrons. The predicted molar refractivity (Wildman–Crippen MR) is 125 cm³/mol. The molecule has 2 heterocycles. The maximum Gasteiger partial charge on any atom is 0.320 e. The van der Waals surface area contributed by atoms with Gasteiger partial charge < -0.3 is 14.6 Å². The topological polar surface area (TPSA) is 103 Å². The molecule has 0 saturated carbocycles. The average molecular weight is 463 g/mol. The number of aliphatic carboxylic acids is 1. The van der Waals surface area contributed by atoms with Gasteiger partial charge in [0.25, 0.3) is 0 Å². The number of hydrogen-bond acceptors (Lipinski definition) is 8. The van der Waals surface area contributed by atoms with Crippen molar-refractivity contribution in [1.82, 2.24) is 19.7 Å². The van der Waals surface area contributed by atoms with Crippen LogP contribution < -0.4 is 0 Å². The van der Waals surface area contributed by atoms with Crippen molar-refractivity contribution in [3.63, 3.8) is 0 Å². The number of fused-ring (bicyclic) bond motifs is 2. The van der Waals surface area contributed by atoms with E-state index in [1.165, 1.54) is 0 Å². The third-order valence-electron chi connectivity index (χ3n) is 5.56. The van der Waals surface area contributed by atoms with Crippen LogP contribution in [0.15, 0.2) is 18.2 Å². The molecule has 0 aliphatic carbocycles. The molecular weight excluding hydrogens is 424 g/mol. The van der Waals surface area contributed by atoms with Crippen molar-refractivity contribution in [2.24, 2.45) is 0 Å². The summed E-state index contributed by atoms with van der Waals surface area (Å²) in [6, 6.07) is 5.94. The molecule has 184 valence electrons. The first-order valence-corrected chi connectivity index (χ1v) is 11.6.